The molecule has 0 fully saturated rings. The second-order valence-corrected chi connectivity index (χ2v) is 7.52. The summed E-state index contributed by atoms with van der Waals surface area (Å²) in [5.74, 6) is -0.142. The molecular weight excluding hydrogens is 453 g/mol. The van der Waals surface area contributed by atoms with Gasteiger partial charge in [0.2, 0.25) is 0 Å². The third kappa shape index (κ3) is 4.57. The number of hydrogen-bond acceptors (Lipinski definition) is 4. The molecule has 27 heavy (non-hydrogen) atoms. The summed E-state index contributed by atoms with van der Waals surface area (Å²) in [4.78, 5) is 12.3. The second kappa shape index (κ2) is 8.39. The summed E-state index contributed by atoms with van der Waals surface area (Å²) in [6.07, 6.45) is 1.47. The van der Waals surface area contributed by atoms with Crippen LogP contribution in [-0.4, -0.2) is 23.3 Å². The van der Waals surface area contributed by atoms with Gasteiger partial charge < -0.3 is 10.4 Å². The number of carbonyl (C=O) groups excluding carboxylic acids is 1. The van der Waals surface area contributed by atoms with Crippen molar-refractivity contribution in [2.75, 3.05) is 5.32 Å². The lowest BCUT2D eigenvalue weighted by Gasteiger charge is -2.15. The predicted octanol–water partition coefficient (Wildman–Crippen LogP) is 4.41. The van der Waals surface area contributed by atoms with Gasteiger partial charge in [0, 0.05) is 14.8 Å². The molecule has 0 radical (unpaired) electrons. The van der Waals surface area contributed by atoms with Gasteiger partial charge in [-0.2, -0.15) is 5.10 Å². The largest absolute Gasteiger partial charge is 0.507 e. The first-order valence-electron chi connectivity index (χ1n) is 8.52. The molecule has 3 N–H and O–H groups in total. The van der Waals surface area contributed by atoms with Crippen LogP contribution < -0.4 is 10.7 Å². The maximum Gasteiger partial charge on any atom is 0.262 e. The molecule has 5 nitrogen and oxygen atoms in total. The Labute approximate surface area is 171 Å². The first kappa shape index (κ1) is 19.2. The molecular formula is C21H20IN3O2. The normalized spacial score (nSPS) is 12.3. The number of nitrogens with zero attached hydrogens (tertiary/aromatic N) is 1. The summed E-state index contributed by atoms with van der Waals surface area (Å²) in [7, 11) is 0. The first-order chi connectivity index (χ1) is 13.0. The third-order valence-corrected chi connectivity index (χ3v) is 4.94. The number of carbonyl (C=O) groups is 1. The van der Waals surface area contributed by atoms with Gasteiger partial charge in [0.1, 0.15) is 11.8 Å². The van der Waals surface area contributed by atoms with E-state index in [1.54, 1.807) is 13.0 Å². The number of anilines is 1. The number of nitrogens with one attached hydrogen (secondary N) is 2. The maximum atomic E-state index is 12.3. The molecule has 0 bridgehead atoms. The lowest BCUT2D eigenvalue weighted by atomic mass is 10.0. The number of aryl methyl sites for hydroxylation is 1. The van der Waals surface area contributed by atoms with E-state index in [9.17, 15) is 9.90 Å². The average Bonchev–Trinajstić information content (AvgIpc) is 2.65. The Balaban J connectivity index is 1.69. The zero-order chi connectivity index (χ0) is 19.4. The van der Waals surface area contributed by atoms with E-state index in [2.05, 4.69) is 44.5 Å². The van der Waals surface area contributed by atoms with Crippen LogP contribution in [-0.2, 0) is 4.79 Å². The molecule has 1 amide bonds. The van der Waals surface area contributed by atoms with E-state index < -0.39 is 6.04 Å². The minimum Gasteiger partial charge on any atom is -0.507 e. The van der Waals surface area contributed by atoms with Crippen LogP contribution in [0.4, 0.5) is 5.69 Å². The van der Waals surface area contributed by atoms with Gasteiger partial charge in [-0.05, 0) is 77.0 Å². The lowest BCUT2D eigenvalue weighted by molar-refractivity contribution is -0.121. The van der Waals surface area contributed by atoms with Gasteiger partial charge in [0.05, 0.1) is 6.21 Å². The standard InChI is InChI=1S/C21H20IN3O2/c1-13-11-16(22)8-9-19(13)24-14(2)21(27)25-23-12-18-17-6-4-3-5-15(17)7-10-20(18)26/h3-12,14,24,26H,1-2H3,(H,25,27). The van der Waals surface area contributed by atoms with Crippen LogP contribution in [0.2, 0.25) is 0 Å². The van der Waals surface area contributed by atoms with Crippen molar-refractivity contribution in [1.82, 2.24) is 5.43 Å². The van der Waals surface area contributed by atoms with Crippen molar-refractivity contribution in [3.63, 3.8) is 0 Å². The van der Waals surface area contributed by atoms with Crippen molar-refractivity contribution in [2.45, 2.75) is 19.9 Å². The van der Waals surface area contributed by atoms with Gasteiger partial charge in [0.25, 0.3) is 5.91 Å². The number of phenolic OH excluding ortho intramolecular Hbond substituents is 1. The maximum absolute atomic E-state index is 12.3. The summed E-state index contributed by atoms with van der Waals surface area (Å²) >= 11 is 2.25. The van der Waals surface area contributed by atoms with E-state index >= 15 is 0 Å². The lowest BCUT2D eigenvalue weighted by Crippen LogP contribution is -2.35. The molecule has 0 aliphatic carbocycles. The first-order valence-corrected chi connectivity index (χ1v) is 9.60. The van der Waals surface area contributed by atoms with Crippen molar-refractivity contribution >= 4 is 51.2 Å². The minimum absolute atomic E-state index is 0.118. The molecule has 3 rings (SSSR count). The molecule has 0 spiro atoms. The molecule has 1 atom stereocenters. The Morgan fingerprint density at radius 2 is 1.96 bits per heavy atom. The summed E-state index contributed by atoms with van der Waals surface area (Å²) in [6.45, 7) is 3.77. The smallest absolute Gasteiger partial charge is 0.262 e. The van der Waals surface area contributed by atoms with E-state index in [0.29, 0.717) is 5.56 Å². The number of rotatable bonds is 5. The molecule has 0 aliphatic rings. The number of phenols is 1. The molecule has 1 unspecified atom stereocenters. The monoisotopic (exact) mass is 473 g/mol. The predicted molar refractivity (Wildman–Crippen MR) is 118 cm³/mol. The zero-order valence-corrected chi connectivity index (χ0v) is 17.2. The highest BCUT2D eigenvalue weighted by Crippen LogP contribution is 2.25. The van der Waals surface area contributed by atoms with Crippen molar-refractivity contribution in [1.29, 1.82) is 0 Å². The third-order valence-electron chi connectivity index (χ3n) is 4.27. The number of amides is 1. The van der Waals surface area contributed by atoms with Gasteiger partial charge in [-0.25, -0.2) is 5.43 Å². The molecule has 138 valence electrons. The van der Waals surface area contributed by atoms with Crippen molar-refractivity contribution in [2.24, 2.45) is 5.10 Å². The van der Waals surface area contributed by atoms with Crippen LogP contribution in [0.25, 0.3) is 10.8 Å². The Bertz CT molecular complexity index is 1020. The highest BCUT2D eigenvalue weighted by Gasteiger charge is 2.13. The minimum atomic E-state index is -0.456. The zero-order valence-electron chi connectivity index (χ0n) is 15.0. The Kier molecular flexibility index (Phi) is 5.95. The number of aromatic hydroxyl groups is 1. The number of fused-ring (bicyclic) bond motifs is 1. The van der Waals surface area contributed by atoms with Crippen molar-refractivity contribution in [3.05, 3.63) is 69.3 Å². The van der Waals surface area contributed by atoms with Gasteiger partial charge in [-0.1, -0.05) is 30.3 Å². The Morgan fingerprint density at radius 3 is 2.74 bits per heavy atom. The van der Waals surface area contributed by atoms with E-state index in [1.807, 2.05) is 49.4 Å². The van der Waals surface area contributed by atoms with E-state index in [4.69, 9.17) is 0 Å². The second-order valence-electron chi connectivity index (χ2n) is 6.28. The highest BCUT2D eigenvalue weighted by molar-refractivity contribution is 14.1. The fourth-order valence-corrected chi connectivity index (χ4v) is 3.41. The summed E-state index contributed by atoms with van der Waals surface area (Å²) in [5.41, 5.74) is 5.09. The molecule has 0 heterocycles. The summed E-state index contributed by atoms with van der Waals surface area (Å²) < 4.78 is 1.15. The van der Waals surface area contributed by atoms with Crippen LogP contribution in [0.5, 0.6) is 5.75 Å². The summed E-state index contributed by atoms with van der Waals surface area (Å²) in [6, 6.07) is 16.7. The number of hydrogen-bond donors (Lipinski definition) is 3. The number of benzene rings is 3. The SMILES string of the molecule is Cc1cc(I)ccc1NC(C)C(=O)NN=Cc1c(O)ccc2ccccc12. The Hall–Kier alpha value is -2.61. The van der Waals surface area contributed by atoms with Crippen molar-refractivity contribution in [3.8, 4) is 5.75 Å². The van der Waals surface area contributed by atoms with Crippen LogP contribution in [0, 0.1) is 10.5 Å². The highest BCUT2D eigenvalue weighted by atomic mass is 127. The fraction of sp³-hybridized carbons (Fsp3) is 0.143. The molecule has 0 aromatic heterocycles. The van der Waals surface area contributed by atoms with Gasteiger partial charge in [-0.15, -0.1) is 0 Å². The molecule has 0 saturated carbocycles. The number of hydrazone groups is 1. The molecule has 6 heteroatoms. The quantitative estimate of drug-likeness (QED) is 0.292. The topological polar surface area (TPSA) is 73.7 Å². The fourth-order valence-electron chi connectivity index (χ4n) is 2.76. The van der Waals surface area contributed by atoms with E-state index in [1.165, 1.54) is 6.21 Å². The molecule has 3 aromatic rings. The molecule has 0 saturated heterocycles. The van der Waals surface area contributed by atoms with Crippen LogP contribution in [0.3, 0.4) is 0 Å². The van der Waals surface area contributed by atoms with Crippen molar-refractivity contribution < 1.29 is 9.90 Å². The summed E-state index contributed by atoms with van der Waals surface area (Å²) in [5, 5.41) is 19.2. The van der Waals surface area contributed by atoms with Gasteiger partial charge in [0.15, 0.2) is 0 Å². The van der Waals surface area contributed by atoms with Crippen LogP contribution >= 0.6 is 22.6 Å². The van der Waals surface area contributed by atoms with E-state index in [0.717, 1.165) is 25.6 Å². The van der Waals surface area contributed by atoms with Crippen LogP contribution in [0.1, 0.15) is 18.1 Å². The van der Waals surface area contributed by atoms with E-state index in [-0.39, 0.29) is 11.7 Å². The van der Waals surface area contributed by atoms with Gasteiger partial charge >= 0.3 is 0 Å². The van der Waals surface area contributed by atoms with Crippen LogP contribution in [0.15, 0.2) is 59.7 Å². The average molecular weight is 473 g/mol. The number of halogens is 1. The Morgan fingerprint density at radius 1 is 1.19 bits per heavy atom. The van der Waals surface area contributed by atoms with Gasteiger partial charge in [-0.3, -0.25) is 4.79 Å². The molecule has 0 aliphatic heterocycles. The molecule has 3 aromatic carbocycles.